The summed E-state index contributed by atoms with van der Waals surface area (Å²) in [5, 5.41) is 23.9. The molecule has 3 unspecified atom stereocenters. The number of amides is 1. The summed E-state index contributed by atoms with van der Waals surface area (Å²) in [7, 11) is 0. The molecular formula is C62H119NO5. The Labute approximate surface area is 424 Å². The molecule has 0 bridgehead atoms. The number of rotatable bonds is 56. The summed E-state index contributed by atoms with van der Waals surface area (Å²) in [5.74, 6) is -0.474. The number of esters is 1. The average Bonchev–Trinajstić information content (AvgIpc) is 3.33. The minimum atomic E-state index is -0.790. The molecule has 0 aromatic heterocycles. The van der Waals surface area contributed by atoms with Crippen molar-refractivity contribution in [3.05, 3.63) is 24.3 Å². The molecule has 3 N–H and O–H groups in total. The van der Waals surface area contributed by atoms with Crippen molar-refractivity contribution >= 4 is 11.9 Å². The molecule has 1 amide bonds. The molecule has 0 rings (SSSR count). The number of aliphatic hydroxyl groups is 2. The largest absolute Gasteiger partial charge is 0.462 e. The predicted molar refractivity (Wildman–Crippen MR) is 296 cm³/mol. The van der Waals surface area contributed by atoms with Crippen LogP contribution in [-0.2, 0) is 14.3 Å². The second-order valence-electron chi connectivity index (χ2n) is 21.1. The van der Waals surface area contributed by atoms with Crippen LogP contribution in [-0.4, -0.2) is 46.9 Å². The molecule has 0 heterocycles. The van der Waals surface area contributed by atoms with E-state index in [2.05, 4.69) is 50.4 Å². The van der Waals surface area contributed by atoms with Crippen LogP contribution in [0.4, 0.5) is 0 Å². The van der Waals surface area contributed by atoms with Gasteiger partial charge in [0.1, 0.15) is 6.10 Å². The maximum absolute atomic E-state index is 13.3. The van der Waals surface area contributed by atoms with E-state index in [9.17, 15) is 19.8 Å². The number of hydrogen-bond donors (Lipinski definition) is 3. The molecule has 0 aromatic carbocycles. The van der Waals surface area contributed by atoms with E-state index >= 15 is 0 Å². The Balaban J connectivity index is 4.53. The fraction of sp³-hybridized carbons (Fsp3) is 0.903. The van der Waals surface area contributed by atoms with E-state index in [-0.39, 0.29) is 24.9 Å². The van der Waals surface area contributed by atoms with Crippen LogP contribution in [0.25, 0.3) is 0 Å². The number of hydrogen-bond acceptors (Lipinski definition) is 5. The van der Waals surface area contributed by atoms with Crippen LogP contribution in [0.3, 0.4) is 0 Å². The van der Waals surface area contributed by atoms with Gasteiger partial charge in [-0.2, -0.15) is 0 Å². The van der Waals surface area contributed by atoms with Gasteiger partial charge in [0.05, 0.1) is 25.2 Å². The smallest absolute Gasteiger partial charge is 0.306 e. The first-order valence-corrected chi connectivity index (χ1v) is 30.6. The summed E-state index contributed by atoms with van der Waals surface area (Å²) in [6.45, 7) is 6.52. The average molecular weight is 959 g/mol. The molecule has 68 heavy (non-hydrogen) atoms. The summed E-state index contributed by atoms with van der Waals surface area (Å²) in [5.41, 5.74) is 0. The summed E-state index contributed by atoms with van der Waals surface area (Å²) in [6.07, 6.45) is 66.8. The van der Waals surface area contributed by atoms with Crippen molar-refractivity contribution in [3.63, 3.8) is 0 Å². The van der Waals surface area contributed by atoms with Crippen LogP contribution in [0.1, 0.15) is 335 Å². The Morgan fingerprint density at radius 2 is 0.706 bits per heavy atom. The van der Waals surface area contributed by atoms with Crippen LogP contribution < -0.4 is 5.32 Å². The molecule has 0 aliphatic rings. The third-order valence-electron chi connectivity index (χ3n) is 14.3. The van der Waals surface area contributed by atoms with Crippen molar-refractivity contribution in [1.82, 2.24) is 5.32 Å². The van der Waals surface area contributed by atoms with Crippen LogP contribution >= 0.6 is 0 Å². The van der Waals surface area contributed by atoms with Gasteiger partial charge in [-0.25, -0.2) is 0 Å². The Hall–Kier alpha value is -1.66. The van der Waals surface area contributed by atoms with Crippen LogP contribution in [0, 0.1) is 0 Å². The number of nitrogens with one attached hydrogen (secondary N) is 1. The molecule has 6 nitrogen and oxygen atoms in total. The fourth-order valence-electron chi connectivity index (χ4n) is 9.60. The van der Waals surface area contributed by atoms with Gasteiger partial charge < -0.3 is 20.3 Å². The van der Waals surface area contributed by atoms with Gasteiger partial charge >= 0.3 is 5.97 Å². The summed E-state index contributed by atoms with van der Waals surface area (Å²) in [6, 6.07) is -0.705. The highest BCUT2D eigenvalue weighted by Gasteiger charge is 2.24. The summed E-state index contributed by atoms with van der Waals surface area (Å²) >= 11 is 0. The quantitative estimate of drug-likeness (QED) is 0.0321. The molecule has 6 heteroatoms. The molecule has 0 spiro atoms. The molecule has 0 aromatic rings. The topological polar surface area (TPSA) is 95.9 Å². The van der Waals surface area contributed by atoms with E-state index in [4.69, 9.17) is 4.74 Å². The highest BCUT2D eigenvalue weighted by Crippen LogP contribution is 2.19. The zero-order valence-corrected chi connectivity index (χ0v) is 46.0. The monoisotopic (exact) mass is 958 g/mol. The number of aliphatic hydroxyl groups excluding tert-OH is 2. The van der Waals surface area contributed by atoms with Gasteiger partial charge in [0.2, 0.25) is 5.91 Å². The molecule has 3 atom stereocenters. The molecule has 0 radical (unpaired) electrons. The number of carbonyl (C=O) groups excluding carboxylic acids is 2. The number of allylic oxidation sites excluding steroid dienone is 4. The molecule has 402 valence electrons. The van der Waals surface area contributed by atoms with Crippen molar-refractivity contribution in [2.75, 3.05) is 6.61 Å². The second-order valence-corrected chi connectivity index (χ2v) is 21.1. The third-order valence-corrected chi connectivity index (χ3v) is 14.3. The lowest BCUT2D eigenvalue weighted by atomic mass is 10.0. The molecular weight excluding hydrogens is 839 g/mol. The maximum Gasteiger partial charge on any atom is 0.306 e. The lowest BCUT2D eigenvalue weighted by Gasteiger charge is -2.24. The molecule has 0 aliphatic carbocycles. The lowest BCUT2D eigenvalue weighted by Crippen LogP contribution is -2.46. The van der Waals surface area contributed by atoms with E-state index < -0.39 is 18.2 Å². The van der Waals surface area contributed by atoms with E-state index in [0.717, 1.165) is 57.8 Å². The van der Waals surface area contributed by atoms with E-state index in [1.165, 1.54) is 231 Å². The first-order valence-electron chi connectivity index (χ1n) is 30.6. The standard InChI is InChI=1S/C62H119NO5/c1-4-7-10-13-16-19-22-25-28-31-34-37-40-43-46-49-52-55-62(67)68-58(53-50-47-44-41-38-35-32-29-26-23-20-17-14-11-8-5-2)56-61(66)63-59(57-64)60(65)54-51-48-45-42-39-36-33-30-27-24-21-18-15-12-9-6-3/h25,28,35,38,58-60,64-65H,4-24,26-27,29-34,36-37,39-57H2,1-3H3,(H,63,66)/b28-25+,38-35+. The van der Waals surface area contributed by atoms with E-state index in [1.54, 1.807) is 0 Å². The number of ether oxygens (including phenoxy) is 1. The molecule has 0 fully saturated rings. The zero-order chi connectivity index (χ0) is 49.5. The zero-order valence-electron chi connectivity index (χ0n) is 46.0. The first kappa shape index (κ1) is 66.3. The second kappa shape index (κ2) is 56.3. The van der Waals surface area contributed by atoms with Crippen LogP contribution in [0.2, 0.25) is 0 Å². The van der Waals surface area contributed by atoms with Gasteiger partial charge in [0.15, 0.2) is 0 Å². The maximum atomic E-state index is 13.3. The van der Waals surface area contributed by atoms with Gasteiger partial charge in [0.25, 0.3) is 0 Å². The number of carbonyl (C=O) groups is 2. The van der Waals surface area contributed by atoms with Crippen molar-refractivity contribution in [2.24, 2.45) is 0 Å². The SMILES string of the molecule is CCCCCCCC/C=C/CCCCCCCCCC(=O)OC(CCCCC/C=C/CCCCCCCCCCC)CC(=O)NC(CO)C(O)CCCCCCCCCCCCCCCCCC. The molecule has 0 aliphatic heterocycles. The Morgan fingerprint density at radius 3 is 1.06 bits per heavy atom. The lowest BCUT2D eigenvalue weighted by molar-refractivity contribution is -0.151. The van der Waals surface area contributed by atoms with Crippen molar-refractivity contribution in [1.29, 1.82) is 0 Å². The van der Waals surface area contributed by atoms with Crippen LogP contribution in [0.15, 0.2) is 24.3 Å². The third kappa shape index (κ3) is 50.7. The number of unbranched alkanes of at least 4 members (excludes halogenated alkanes) is 40. The highest BCUT2D eigenvalue weighted by molar-refractivity contribution is 5.77. The van der Waals surface area contributed by atoms with Gasteiger partial charge in [-0.3, -0.25) is 9.59 Å². The Kier molecular flexibility index (Phi) is 54.9. The highest BCUT2D eigenvalue weighted by atomic mass is 16.5. The Morgan fingerprint density at radius 1 is 0.412 bits per heavy atom. The minimum absolute atomic E-state index is 0.0703. The normalized spacial score (nSPS) is 13.2. The molecule has 0 saturated carbocycles. The van der Waals surface area contributed by atoms with Crippen molar-refractivity contribution in [2.45, 2.75) is 354 Å². The molecule has 0 saturated heterocycles. The van der Waals surface area contributed by atoms with Crippen molar-refractivity contribution < 1.29 is 24.5 Å². The van der Waals surface area contributed by atoms with Gasteiger partial charge in [0, 0.05) is 6.42 Å². The van der Waals surface area contributed by atoms with Crippen molar-refractivity contribution in [3.8, 4) is 0 Å². The van der Waals surface area contributed by atoms with Crippen LogP contribution in [0.5, 0.6) is 0 Å². The van der Waals surface area contributed by atoms with Gasteiger partial charge in [-0.15, -0.1) is 0 Å². The van der Waals surface area contributed by atoms with E-state index in [1.807, 2.05) is 0 Å². The Bertz CT molecular complexity index is 1080. The summed E-state index contributed by atoms with van der Waals surface area (Å²) in [4.78, 5) is 26.3. The van der Waals surface area contributed by atoms with Gasteiger partial charge in [-0.1, -0.05) is 270 Å². The summed E-state index contributed by atoms with van der Waals surface area (Å²) < 4.78 is 5.97. The first-order chi connectivity index (χ1) is 33.5. The predicted octanol–water partition coefficient (Wildman–Crippen LogP) is 19.0. The fourth-order valence-corrected chi connectivity index (χ4v) is 9.60. The van der Waals surface area contributed by atoms with E-state index in [0.29, 0.717) is 19.3 Å². The minimum Gasteiger partial charge on any atom is -0.462 e. The van der Waals surface area contributed by atoms with Gasteiger partial charge in [-0.05, 0) is 77.0 Å².